The summed E-state index contributed by atoms with van der Waals surface area (Å²) in [6, 6.07) is 16.7. The number of nitrogens with one attached hydrogen (secondary N) is 1. The van der Waals surface area contributed by atoms with Crippen LogP contribution in [-0.4, -0.2) is 29.3 Å². The summed E-state index contributed by atoms with van der Waals surface area (Å²) in [7, 11) is 0. The van der Waals surface area contributed by atoms with Gasteiger partial charge in [-0.3, -0.25) is 9.59 Å². The Balaban J connectivity index is 2.36. The summed E-state index contributed by atoms with van der Waals surface area (Å²) < 4.78 is 0. The van der Waals surface area contributed by atoms with Crippen LogP contribution >= 0.6 is 11.6 Å². The molecule has 0 bridgehead atoms. The van der Waals surface area contributed by atoms with E-state index >= 15 is 0 Å². The van der Waals surface area contributed by atoms with Crippen molar-refractivity contribution in [2.24, 2.45) is 5.92 Å². The molecule has 0 unspecified atom stereocenters. The van der Waals surface area contributed by atoms with E-state index in [9.17, 15) is 9.59 Å². The summed E-state index contributed by atoms with van der Waals surface area (Å²) in [5, 5.41) is 3.61. The fourth-order valence-corrected chi connectivity index (χ4v) is 3.34. The van der Waals surface area contributed by atoms with Gasteiger partial charge in [0.25, 0.3) is 0 Å². The topological polar surface area (TPSA) is 49.4 Å². The number of hydrogen-bond donors (Lipinski definition) is 1. The Bertz CT molecular complexity index is 792. The third-order valence-electron chi connectivity index (χ3n) is 4.72. The molecule has 0 aliphatic rings. The SMILES string of the molecule is CCCC(=O)N(Cc1ccccc1Cl)[C@H](Cc1ccccc1)C(=O)NCC(C)C. The molecule has 4 nitrogen and oxygen atoms in total. The minimum absolute atomic E-state index is 0.0342. The van der Waals surface area contributed by atoms with Crippen molar-refractivity contribution in [2.45, 2.75) is 52.6 Å². The van der Waals surface area contributed by atoms with Crippen LogP contribution in [-0.2, 0) is 22.6 Å². The van der Waals surface area contributed by atoms with Crippen LogP contribution in [0.3, 0.4) is 0 Å². The molecule has 5 heteroatoms. The van der Waals surface area contributed by atoms with E-state index in [0.29, 0.717) is 36.9 Å². The predicted molar refractivity (Wildman–Crippen MR) is 119 cm³/mol. The third kappa shape index (κ3) is 7.21. The van der Waals surface area contributed by atoms with E-state index in [2.05, 4.69) is 19.2 Å². The molecule has 0 aliphatic heterocycles. The molecule has 2 aromatic carbocycles. The van der Waals surface area contributed by atoms with E-state index in [1.165, 1.54) is 0 Å². The smallest absolute Gasteiger partial charge is 0.243 e. The van der Waals surface area contributed by atoms with Crippen molar-refractivity contribution < 1.29 is 9.59 Å². The molecule has 0 heterocycles. The first kappa shape index (κ1) is 23.0. The molecular formula is C24H31ClN2O2. The maximum Gasteiger partial charge on any atom is 0.243 e. The van der Waals surface area contributed by atoms with Gasteiger partial charge in [0, 0.05) is 31.0 Å². The number of carbonyl (C=O) groups excluding carboxylic acids is 2. The van der Waals surface area contributed by atoms with Gasteiger partial charge in [0.05, 0.1) is 0 Å². The number of hydrogen-bond acceptors (Lipinski definition) is 2. The molecule has 2 amide bonds. The number of amides is 2. The van der Waals surface area contributed by atoms with Crippen molar-refractivity contribution in [1.29, 1.82) is 0 Å². The summed E-state index contributed by atoms with van der Waals surface area (Å²) in [4.78, 5) is 27.9. The van der Waals surface area contributed by atoms with Crippen molar-refractivity contribution in [3.63, 3.8) is 0 Å². The molecule has 0 fully saturated rings. The first-order valence-electron chi connectivity index (χ1n) is 10.3. The summed E-state index contributed by atoms with van der Waals surface area (Å²) in [6.45, 7) is 6.96. The monoisotopic (exact) mass is 414 g/mol. The highest BCUT2D eigenvalue weighted by atomic mass is 35.5. The molecule has 1 N–H and O–H groups in total. The minimum atomic E-state index is -0.591. The van der Waals surface area contributed by atoms with Gasteiger partial charge in [-0.2, -0.15) is 0 Å². The fraction of sp³-hybridized carbons (Fsp3) is 0.417. The average molecular weight is 415 g/mol. The number of halogens is 1. The average Bonchev–Trinajstić information content (AvgIpc) is 2.71. The molecule has 0 aromatic heterocycles. The Kier molecular flexibility index (Phi) is 9.20. The Morgan fingerprint density at radius 3 is 2.31 bits per heavy atom. The molecule has 29 heavy (non-hydrogen) atoms. The Hall–Kier alpha value is -2.33. The van der Waals surface area contributed by atoms with Gasteiger partial charge < -0.3 is 10.2 Å². The highest BCUT2D eigenvalue weighted by Gasteiger charge is 2.30. The maximum atomic E-state index is 13.1. The van der Waals surface area contributed by atoms with E-state index in [1.807, 2.05) is 61.5 Å². The van der Waals surface area contributed by atoms with E-state index in [1.54, 1.807) is 4.90 Å². The predicted octanol–water partition coefficient (Wildman–Crippen LogP) is 4.85. The molecule has 2 aromatic rings. The van der Waals surface area contributed by atoms with E-state index in [0.717, 1.165) is 17.5 Å². The van der Waals surface area contributed by atoms with Gasteiger partial charge in [-0.05, 0) is 29.5 Å². The van der Waals surface area contributed by atoms with Crippen LogP contribution in [0, 0.1) is 5.92 Å². The van der Waals surface area contributed by atoms with Crippen LogP contribution in [0.5, 0.6) is 0 Å². The molecule has 0 aliphatic carbocycles. The summed E-state index contributed by atoms with van der Waals surface area (Å²) in [6.07, 6.45) is 1.58. The minimum Gasteiger partial charge on any atom is -0.354 e. The first-order chi connectivity index (χ1) is 13.9. The number of benzene rings is 2. The van der Waals surface area contributed by atoms with E-state index < -0.39 is 6.04 Å². The Morgan fingerprint density at radius 2 is 1.69 bits per heavy atom. The first-order valence-corrected chi connectivity index (χ1v) is 10.6. The molecule has 0 spiro atoms. The van der Waals surface area contributed by atoms with Gasteiger partial charge in [0.15, 0.2) is 0 Å². The van der Waals surface area contributed by atoms with Gasteiger partial charge in [-0.15, -0.1) is 0 Å². The lowest BCUT2D eigenvalue weighted by atomic mass is 10.0. The summed E-state index contributed by atoms with van der Waals surface area (Å²) >= 11 is 6.36. The fourth-order valence-electron chi connectivity index (χ4n) is 3.14. The van der Waals surface area contributed by atoms with Crippen molar-refractivity contribution in [1.82, 2.24) is 10.2 Å². The van der Waals surface area contributed by atoms with Crippen molar-refractivity contribution in [3.8, 4) is 0 Å². The van der Waals surface area contributed by atoms with Crippen LogP contribution < -0.4 is 5.32 Å². The zero-order chi connectivity index (χ0) is 21.2. The molecule has 0 saturated heterocycles. The molecule has 0 radical (unpaired) electrons. The van der Waals surface area contributed by atoms with Crippen LogP contribution in [0.1, 0.15) is 44.7 Å². The largest absolute Gasteiger partial charge is 0.354 e. The number of rotatable bonds is 10. The zero-order valence-electron chi connectivity index (χ0n) is 17.5. The highest BCUT2D eigenvalue weighted by molar-refractivity contribution is 6.31. The molecule has 1 atom stereocenters. The summed E-state index contributed by atoms with van der Waals surface area (Å²) in [5.41, 5.74) is 1.86. The second-order valence-electron chi connectivity index (χ2n) is 7.71. The standard InChI is InChI=1S/C24H31ClN2O2/c1-4-10-23(28)27(17-20-13-8-9-14-21(20)25)22(24(29)26-16-18(2)3)15-19-11-6-5-7-12-19/h5-9,11-14,18,22H,4,10,15-17H2,1-3H3,(H,26,29)/t22-/m1/s1. The van der Waals surface area contributed by atoms with Gasteiger partial charge in [-0.1, -0.05) is 80.9 Å². The van der Waals surface area contributed by atoms with Gasteiger partial charge in [0.2, 0.25) is 11.8 Å². The molecule has 2 rings (SSSR count). The quantitative estimate of drug-likeness (QED) is 0.604. The van der Waals surface area contributed by atoms with E-state index in [4.69, 9.17) is 11.6 Å². The Morgan fingerprint density at radius 1 is 1.03 bits per heavy atom. The van der Waals surface area contributed by atoms with Crippen molar-refractivity contribution in [2.75, 3.05) is 6.54 Å². The number of nitrogens with zero attached hydrogens (tertiary/aromatic N) is 1. The van der Waals surface area contributed by atoms with Crippen LogP contribution in [0.4, 0.5) is 0 Å². The van der Waals surface area contributed by atoms with Crippen LogP contribution in [0.2, 0.25) is 5.02 Å². The number of carbonyl (C=O) groups is 2. The van der Waals surface area contributed by atoms with Crippen molar-refractivity contribution >= 4 is 23.4 Å². The lowest BCUT2D eigenvalue weighted by Gasteiger charge is -2.32. The molecular weight excluding hydrogens is 384 g/mol. The van der Waals surface area contributed by atoms with Crippen LogP contribution in [0.25, 0.3) is 0 Å². The second-order valence-corrected chi connectivity index (χ2v) is 8.11. The molecule has 156 valence electrons. The Labute approximate surface area is 179 Å². The van der Waals surface area contributed by atoms with Crippen LogP contribution in [0.15, 0.2) is 54.6 Å². The van der Waals surface area contributed by atoms with Gasteiger partial charge >= 0.3 is 0 Å². The normalized spacial score (nSPS) is 11.9. The third-order valence-corrected chi connectivity index (χ3v) is 5.09. The highest BCUT2D eigenvalue weighted by Crippen LogP contribution is 2.21. The lowest BCUT2D eigenvalue weighted by Crippen LogP contribution is -2.51. The van der Waals surface area contributed by atoms with Gasteiger partial charge in [-0.25, -0.2) is 0 Å². The lowest BCUT2D eigenvalue weighted by molar-refractivity contribution is -0.141. The molecule has 0 saturated carbocycles. The summed E-state index contributed by atoms with van der Waals surface area (Å²) in [5.74, 6) is 0.173. The second kappa shape index (κ2) is 11.6. The van der Waals surface area contributed by atoms with E-state index in [-0.39, 0.29) is 11.8 Å². The zero-order valence-corrected chi connectivity index (χ0v) is 18.3. The maximum absolute atomic E-state index is 13.1. The van der Waals surface area contributed by atoms with Gasteiger partial charge in [0.1, 0.15) is 6.04 Å². The van der Waals surface area contributed by atoms with Crippen molar-refractivity contribution in [3.05, 3.63) is 70.7 Å².